The minimum absolute atomic E-state index is 0.603. The molecule has 25 heavy (non-hydrogen) atoms. The molecule has 1 aliphatic rings. The van der Waals surface area contributed by atoms with E-state index in [1.54, 1.807) is 11.8 Å². The van der Waals surface area contributed by atoms with Gasteiger partial charge in [-0.2, -0.15) is 0 Å². The molecular formula is C19H28N4OS. The number of hydrogen-bond acceptors (Lipinski definition) is 6. The Bertz CT molecular complexity index is 633. The highest BCUT2D eigenvalue weighted by atomic mass is 32.2. The summed E-state index contributed by atoms with van der Waals surface area (Å²) in [6.45, 7) is 9.91. The average Bonchev–Trinajstić information content (AvgIpc) is 3.13. The summed E-state index contributed by atoms with van der Waals surface area (Å²) < 4.78 is 5.82. The quantitative estimate of drug-likeness (QED) is 0.659. The average molecular weight is 361 g/mol. The number of rotatable bonds is 8. The monoisotopic (exact) mass is 360 g/mol. The predicted molar refractivity (Wildman–Crippen MR) is 104 cm³/mol. The Labute approximate surface area is 154 Å². The van der Waals surface area contributed by atoms with E-state index in [-0.39, 0.29) is 0 Å². The molecule has 1 saturated heterocycles. The maximum absolute atomic E-state index is 5.82. The molecule has 3 rings (SSSR count). The fourth-order valence-corrected chi connectivity index (χ4v) is 3.99. The minimum atomic E-state index is 0.603. The number of piperidine rings is 1. The topological polar surface area (TPSA) is 45.4 Å². The molecule has 1 aromatic carbocycles. The van der Waals surface area contributed by atoms with E-state index in [9.17, 15) is 0 Å². The molecule has 6 heteroatoms. The van der Waals surface area contributed by atoms with Crippen LogP contribution in [0.15, 0.2) is 33.9 Å². The Morgan fingerprint density at radius 1 is 1.04 bits per heavy atom. The van der Waals surface area contributed by atoms with Gasteiger partial charge in [0.25, 0.3) is 5.22 Å². The first-order valence-corrected chi connectivity index (χ1v) is 10.3. The summed E-state index contributed by atoms with van der Waals surface area (Å²) in [5.74, 6) is 1.61. The van der Waals surface area contributed by atoms with Gasteiger partial charge in [0.1, 0.15) is 0 Å². The van der Waals surface area contributed by atoms with Gasteiger partial charge in [-0.1, -0.05) is 18.2 Å². The first-order chi connectivity index (χ1) is 12.3. The van der Waals surface area contributed by atoms with Gasteiger partial charge in [0, 0.05) is 36.6 Å². The van der Waals surface area contributed by atoms with Crippen molar-refractivity contribution in [3.63, 3.8) is 0 Å². The first kappa shape index (κ1) is 18.3. The van der Waals surface area contributed by atoms with Crippen molar-refractivity contribution in [3.8, 4) is 11.5 Å². The third kappa shape index (κ3) is 4.98. The molecule has 136 valence electrons. The molecular weight excluding hydrogens is 332 g/mol. The van der Waals surface area contributed by atoms with E-state index in [1.807, 2.05) is 0 Å². The lowest BCUT2D eigenvalue weighted by Gasteiger charge is -2.25. The largest absolute Gasteiger partial charge is 0.411 e. The molecule has 0 saturated carbocycles. The van der Waals surface area contributed by atoms with Crippen LogP contribution >= 0.6 is 11.8 Å². The summed E-state index contributed by atoms with van der Waals surface area (Å²) in [6, 6.07) is 8.36. The van der Waals surface area contributed by atoms with Crippen LogP contribution in [0.5, 0.6) is 0 Å². The van der Waals surface area contributed by atoms with Gasteiger partial charge in [-0.15, -0.1) is 10.2 Å². The van der Waals surface area contributed by atoms with Crippen LogP contribution in [-0.4, -0.2) is 53.6 Å². The zero-order valence-corrected chi connectivity index (χ0v) is 16.1. The van der Waals surface area contributed by atoms with Gasteiger partial charge in [-0.25, -0.2) is 0 Å². The minimum Gasteiger partial charge on any atom is -0.411 e. The van der Waals surface area contributed by atoms with Crippen molar-refractivity contribution in [3.05, 3.63) is 24.3 Å². The molecule has 1 fully saturated rings. The fourth-order valence-electron chi connectivity index (χ4n) is 3.23. The van der Waals surface area contributed by atoms with Crippen molar-refractivity contribution >= 4 is 17.4 Å². The normalized spacial score (nSPS) is 15.4. The van der Waals surface area contributed by atoms with Gasteiger partial charge in [-0.3, -0.25) is 0 Å². The summed E-state index contributed by atoms with van der Waals surface area (Å²) in [6.07, 6.45) is 4.04. The van der Waals surface area contributed by atoms with Crippen LogP contribution in [0.25, 0.3) is 11.5 Å². The molecule has 5 nitrogen and oxygen atoms in total. The molecule has 0 bridgehead atoms. The van der Waals surface area contributed by atoms with E-state index in [0.717, 1.165) is 31.0 Å². The Balaban J connectivity index is 1.53. The summed E-state index contributed by atoms with van der Waals surface area (Å²) in [5, 5.41) is 9.05. The maximum atomic E-state index is 5.82. The molecule has 0 aliphatic carbocycles. The lowest BCUT2D eigenvalue weighted by Crippen LogP contribution is -2.31. The summed E-state index contributed by atoms with van der Waals surface area (Å²) >= 11 is 1.65. The Morgan fingerprint density at radius 2 is 1.76 bits per heavy atom. The van der Waals surface area contributed by atoms with Gasteiger partial charge in [-0.05, 0) is 64.0 Å². The number of benzene rings is 1. The molecule has 0 atom stereocenters. The van der Waals surface area contributed by atoms with Crippen molar-refractivity contribution in [2.75, 3.05) is 43.4 Å². The third-order valence-electron chi connectivity index (χ3n) is 4.73. The lowest BCUT2D eigenvalue weighted by atomic mass is 10.1. The van der Waals surface area contributed by atoms with Crippen LogP contribution < -0.4 is 4.90 Å². The smallest absolute Gasteiger partial charge is 0.276 e. The molecule has 0 spiro atoms. The molecule has 0 amide bonds. The Kier molecular flexibility index (Phi) is 6.76. The van der Waals surface area contributed by atoms with Gasteiger partial charge in [0.05, 0.1) is 0 Å². The summed E-state index contributed by atoms with van der Waals surface area (Å²) in [4.78, 5) is 4.85. The number of anilines is 1. The van der Waals surface area contributed by atoms with Crippen LogP contribution in [0, 0.1) is 0 Å². The Morgan fingerprint density at radius 3 is 2.44 bits per heavy atom. The van der Waals surface area contributed by atoms with E-state index >= 15 is 0 Å². The van der Waals surface area contributed by atoms with Gasteiger partial charge >= 0.3 is 0 Å². The molecule has 2 aromatic rings. The van der Waals surface area contributed by atoms with Crippen LogP contribution in [0.4, 0.5) is 5.69 Å². The van der Waals surface area contributed by atoms with Crippen molar-refractivity contribution in [1.82, 2.24) is 15.1 Å². The Hall–Kier alpha value is -1.53. The van der Waals surface area contributed by atoms with E-state index in [1.165, 1.54) is 38.0 Å². The van der Waals surface area contributed by atoms with Crippen molar-refractivity contribution < 1.29 is 4.42 Å². The highest BCUT2D eigenvalue weighted by molar-refractivity contribution is 7.99. The maximum Gasteiger partial charge on any atom is 0.276 e. The van der Waals surface area contributed by atoms with E-state index in [0.29, 0.717) is 11.1 Å². The number of thioether (sulfide) groups is 1. The highest BCUT2D eigenvalue weighted by Crippen LogP contribution is 2.25. The second kappa shape index (κ2) is 9.25. The number of aromatic nitrogens is 2. The van der Waals surface area contributed by atoms with Crippen LogP contribution in [0.2, 0.25) is 0 Å². The van der Waals surface area contributed by atoms with Crippen LogP contribution in [0.1, 0.15) is 33.1 Å². The predicted octanol–water partition coefficient (Wildman–Crippen LogP) is 4.16. The standard InChI is InChI=1S/C19H28N4OS/c1-3-23(4-2)17-10-8-16(9-11-17)18-20-21-19(24-18)25-15-14-22-12-6-5-7-13-22/h8-11H,3-7,12-15H2,1-2H3. The lowest BCUT2D eigenvalue weighted by molar-refractivity contribution is 0.242. The molecule has 1 aliphatic heterocycles. The van der Waals surface area contributed by atoms with Gasteiger partial charge in [0.15, 0.2) is 0 Å². The second-order valence-electron chi connectivity index (χ2n) is 6.34. The van der Waals surface area contributed by atoms with E-state index in [4.69, 9.17) is 4.42 Å². The van der Waals surface area contributed by atoms with E-state index < -0.39 is 0 Å². The van der Waals surface area contributed by atoms with Gasteiger partial charge in [0.2, 0.25) is 5.89 Å². The van der Waals surface area contributed by atoms with Gasteiger partial charge < -0.3 is 14.2 Å². The van der Waals surface area contributed by atoms with Crippen LogP contribution in [-0.2, 0) is 0 Å². The molecule has 2 heterocycles. The van der Waals surface area contributed by atoms with Crippen molar-refractivity contribution in [2.24, 2.45) is 0 Å². The van der Waals surface area contributed by atoms with Crippen molar-refractivity contribution in [1.29, 1.82) is 0 Å². The SMILES string of the molecule is CCN(CC)c1ccc(-c2nnc(SCCN3CCCCC3)o2)cc1. The zero-order valence-electron chi connectivity index (χ0n) is 15.3. The third-order valence-corrected chi connectivity index (χ3v) is 5.53. The second-order valence-corrected chi connectivity index (χ2v) is 7.39. The number of hydrogen-bond donors (Lipinski definition) is 0. The van der Waals surface area contributed by atoms with Crippen LogP contribution in [0.3, 0.4) is 0 Å². The molecule has 0 radical (unpaired) electrons. The fraction of sp³-hybridized carbons (Fsp3) is 0.579. The number of nitrogens with zero attached hydrogens (tertiary/aromatic N) is 4. The number of likely N-dealkylation sites (tertiary alicyclic amines) is 1. The zero-order chi connectivity index (χ0) is 17.5. The molecule has 0 N–H and O–H groups in total. The summed E-state index contributed by atoms with van der Waals surface area (Å²) in [7, 11) is 0. The molecule has 0 unspecified atom stereocenters. The molecule has 1 aromatic heterocycles. The highest BCUT2D eigenvalue weighted by Gasteiger charge is 2.12. The summed E-state index contributed by atoms with van der Waals surface area (Å²) in [5.41, 5.74) is 2.20. The first-order valence-electron chi connectivity index (χ1n) is 9.34. The van der Waals surface area contributed by atoms with Crippen molar-refractivity contribution in [2.45, 2.75) is 38.3 Å². The van der Waals surface area contributed by atoms with E-state index in [2.05, 4.69) is 58.1 Å².